The van der Waals surface area contributed by atoms with Crippen molar-refractivity contribution in [3.63, 3.8) is 0 Å². The highest BCUT2D eigenvalue weighted by Crippen LogP contribution is 2.20. The Morgan fingerprint density at radius 2 is 2.50 bits per heavy atom. The smallest absolute Gasteiger partial charge is 0.150 e. The fourth-order valence-corrected chi connectivity index (χ4v) is 2.16. The van der Waals surface area contributed by atoms with Gasteiger partial charge in [-0.2, -0.15) is 0 Å². The zero-order chi connectivity index (χ0) is 11.6. The second-order valence-electron chi connectivity index (χ2n) is 5.03. The van der Waals surface area contributed by atoms with E-state index in [9.17, 15) is 0 Å². The summed E-state index contributed by atoms with van der Waals surface area (Å²) in [7, 11) is 0. The molecule has 0 bridgehead atoms. The molecule has 1 saturated heterocycles. The molecule has 1 N–H and O–H groups in total. The van der Waals surface area contributed by atoms with Gasteiger partial charge in [-0.1, -0.05) is 12.1 Å². The van der Waals surface area contributed by atoms with Crippen LogP contribution in [0.5, 0.6) is 0 Å². The summed E-state index contributed by atoms with van der Waals surface area (Å²) < 4.78 is 5.17. The molecule has 1 fully saturated rings. The fourth-order valence-electron chi connectivity index (χ4n) is 2.16. The van der Waals surface area contributed by atoms with Crippen molar-refractivity contribution < 1.29 is 4.52 Å². The molecule has 1 aliphatic rings. The Hall–Kier alpha value is -0.870. The summed E-state index contributed by atoms with van der Waals surface area (Å²) in [6.07, 6.45) is 2.85. The van der Waals surface area contributed by atoms with Crippen LogP contribution in [-0.2, 0) is 6.54 Å². The highest BCUT2D eigenvalue weighted by Gasteiger charge is 2.32. The predicted molar refractivity (Wildman–Crippen MR) is 63.1 cm³/mol. The van der Waals surface area contributed by atoms with Crippen molar-refractivity contribution in [3.8, 4) is 0 Å². The zero-order valence-electron chi connectivity index (χ0n) is 10.4. The third kappa shape index (κ3) is 2.44. The summed E-state index contributed by atoms with van der Waals surface area (Å²) in [5.41, 5.74) is 0.229. The summed E-state index contributed by atoms with van der Waals surface area (Å²) in [4.78, 5) is 2.46. The average Bonchev–Trinajstić information content (AvgIpc) is 2.77. The minimum absolute atomic E-state index is 0.229. The van der Waals surface area contributed by atoms with Crippen LogP contribution in [-0.4, -0.2) is 34.7 Å². The second kappa shape index (κ2) is 4.55. The molecule has 0 aliphatic carbocycles. The maximum absolute atomic E-state index is 5.17. The molecular weight excluding hydrogens is 202 g/mol. The second-order valence-corrected chi connectivity index (χ2v) is 5.03. The Morgan fingerprint density at radius 3 is 3.12 bits per heavy atom. The highest BCUT2D eigenvalue weighted by atomic mass is 16.5. The van der Waals surface area contributed by atoms with Crippen LogP contribution >= 0.6 is 0 Å². The Labute approximate surface area is 97.0 Å². The molecular formula is C12H21N3O. The predicted octanol–water partition coefficient (Wildman–Crippen LogP) is 1.64. The lowest BCUT2D eigenvalue weighted by Crippen LogP contribution is -2.61. The van der Waals surface area contributed by atoms with Crippen molar-refractivity contribution in [2.45, 2.75) is 45.3 Å². The molecule has 90 valence electrons. The first-order valence-electron chi connectivity index (χ1n) is 6.01. The monoisotopic (exact) mass is 223 g/mol. The van der Waals surface area contributed by atoms with Gasteiger partial charge >= 0.3 is 0 Å². The van der Waals surface area contributed by atoms with Gasteiger partial charge in [-0.25, -0.2) is 0 Å². The largest absolute Gasteiger partial charge is 0.360 e. The third-order valence-corrected chi connectivity index (χ3v) is 3.63. The number of hydrogen-bond acceptors (Lipinski definition) is 4. The Balaban J connectivity index is 2.01. The zero-order valence-corrected chi connectivity index (χ0v) is 10.4. The standard InChI is InChI=1S/C12H21N3O/c1-4-12(3)9-15(10(2)7-13-12)8-11-5-6-14-16-11/h5-6,10,13H,4,7-9H2,1-3H3. The van der Waals surface area contributed by atoms with E-state index in [-0.39, 0.29) is 5.54 Å². The first kappa shape index (κ1) is 11.6. The van der Waals surface area contributed by atoms with Gasteiger partial charge in [0.15, 0.2) is 5.76 Å². The van der Waals surface area contributed by atoms with Crippen LogP contribution in [0, 0.1) is 0 Å². The van der Waals surface area contributed by atoms with Gasteiger partial charge in [0, 0.05) is 30.7 Å². The van der Waals surface area contributed by atoms with Crippen molar-refractivity contribution in [1.82, 2.24) is 15.4 Å². The van der Waals surface area contributed by atoms with E-state index in [0.29, 0.717) is 6.04 Å². The van der Waals surface area contributed by atoms with E-state index in [2.05, 4.69) is 36.1 Å². The molecule has 1 aromatic rings. The summed E-state index contributed by atoms with van der Waals surface area (Å²) in [5.74, 6) is 0.951. The first-order chi connectivity index (χ1) is 7.63. The molecule has 0 radical (unpaired) electrons. The fraction of sp³-hybridized carbons (Fsp3) is 0.750. The van der Waals surface area contributed by atoms with Crippen LogP contribution in [0.15, 0.2) is 16.8 Å². The molecule has 0 spiro atoms. The Bertz CT molecular complexity index is 325. The van der Waals surface area contributed by atoms with Crippen molar-refractivity contribution >= 4 is 0 Å². The molecule has 4 nitrogen and oxygen atoms in total. The maximum atomic E-state index is 5.17. The number of rotatable bonds is 3. The molecule has 4 heteroatoms. The summed E-state index contributed by atoms with van der Waals surface area (Å²) in [6, 6.07) is 2.49. The van der Waals surface area contributed by atoms with Gasteiger partial charge < -0.3 is 9.84 Å². The van der Waals surface area contributed by atoms with Gasteiger partial charge in [-0.15, -0.1) is 0 Å². The van der Waals surface area contributed by atoms with E-state index in [1.807, 2.05) is 6.07 Å². The van der Waals surface area contributed by atoms with Gasteiger partial charge in [0.2, 0.25) is 0 Å². The van der Waals surface area contributed by atoms with Gasteiger partial charge in [0.25, 0.3) is 0 Å². The highest BCUT2D eigenvalue weighted by molar-refractivity contribution is 4.98. The van der Waals surface area contributed by atoms with Gasteiger partial charge in [-0.05, 0) is 20.3 Å². The SMILES string of the molecule is CCC1(C)CN(Cc2ccno2)C(C)CN1. The molecule has 16 heavy (non-hydrogen) atoms. The number of nitrogens with zero attached hydrogens (tertiary/aromatic N) is 2. The van der Waals surface area contributed by atoms with Gasteiger partial charge in [-0.3, -0.25) is 4.90 Å². The minimum atomic E-state index is 0.229. The molecule has 2 rings (SSSR count). The van der Waals surface area contributed by atoms with E-state index in [1.54, 1.807) is 6.20 Å². The maximum Gasteiger partial charge on any atom is 0.150 e. The van der Waals surface area contributed by atoms with Crippen LogP contribution in [0.1, 0.15) is 33.0 Å². The van der Waals surface area contributed by atoms with Crippen LogP contribution < -0.4 is 5.32 Å². The van der Waals surface area contributed by atoms with Crippen LogP contribution in [0.4, 0.5) is 0 Å². The molecule has 2 atom stereocenters. The molecule has 2 unspecified atom stereocenters. The molecule has 0 amide bonds. The van der Waals surface area contributed by atoms with Gasteiger partial charge in [0.05, 0.1) is 12.7 Å². The van der Waals surface area contributed by atoms with Crippen molar-refractivity contribution in [1.29, 1.82) is 0 Å². The quantitative estimate of drug-likeness (QED) is 0.845. The van der Waals surface area contributed by atoms with E-state index in [4.69, 9.17) is 4.52 Å². The topological polar surface area (TPSA) is 41.3 Å². The number of piperazine rings is 1. The Kier molecular flexibility index (Phi) is 3.30. The van der Waals surface area contributed by atoms with Crippen LogP contribution in [0.25, 0.3) is 0 Å². The van der Waals surface area contributed by atoms with E-state index in [1.165, 1.54) is 0 Å². The van der Waals surface area contributed by atoms with Crippen molar-refractivity contribution in [2.75, 3.05) is 13.1 Å². The number of aromatic nitrogens is 1. The van der Waals surface area contributed by atoms with E-state index >= 15 is 0 Å². The summed E-state index contributed by atoms with van der Waals surface area (Å²) in [6.45, 7) is 9.72. The van der Waals surface area contributed by atoms with Gasteiger partial charge in [0.1, 0.15) is 0 Å². The molecule has 0 aromatic carbocycles. The first-order valence-corrected chi connectivity index (χ1v) is 6.01. The van der Waals surface area contributed by atoms with E-state index in [0.717, 1.165) is 31.8 Å². The van der Waals surface area contributed by atoms with Crippen molar-refractivity contribution in [3.05, 3.63) is 18.0 Å². The Morgan fingerprint density at radius 1 is 1.69 bits per heavy atom. The number of hydrogen-bond donors (Lipinski definition) is 1. The van der Waals surface area contributed by atoms with Crippen molar-refractivity contribution in [2.24, 2.45) is 0 Å². The lowest BCUT2D eigenvalue weighted by atomic mass is 9.94. The van der Waals surface area contributed by atoms with E-state index < -0.39 is 0 Å². The molecule has 2 heterocycles. The normalized spacial score (nSPS) is 31.8. The average molecular weight is 223 g/mol. The number of nitrogens with one attached hydrogen (secondary N) is 1. The third-order valence-electron chi connectivity index (χ3n) is 3.63. The molecule has 1 aliphatic heterocycles. The lowest BCUT2D eigenvalue weighted by molar-refractivity contribution is 0.0782. The molecule has 1 aromatic heterocycles. The lowest BCUT2D eigenvalue weighted by Gasteiger charge is -2.44. The summed E-state index contributed by atoms with van der Waals surface area (Å²) >= 11 is 0. The van der Waals surface area contributed by atoms with Crippen LogP contribution in [0.2, 0.25) is 0 Å². The van der Waals surface area contributed by atoms with Crippen LogP contribution in [0.3, 0.4) is 0 Å². The minimum Gasteiger partial charge on any atom is -0.360 e. The summed E-state index contributed by atoms with van der Waals surface area (Å²) in [5, 5.41) is 7.37. The molecule has 0 saturated carbocycles.